The molecule has 1 N–H and O–H groups in total. The van der Waals surface area contributed by atoms with E-state index < -0.39 is 5.97 Å². The fourth-order valence-corrected chi connectivity index (χ4v) is 1.68. The third kappa shape index (κ3) is 3.01. The van der Waals surface area contributed by atoms with Crippen LogP contribution in [0.15, 0.2) is 5.29 Å². The maximum atomic E-state index is 10.3. The summed E-state index contributed by atoms with van der Waals surface area (Å²) in [5.74, 6) is -0.809. The van der Waals surface area contributed by atoms with Crippen LogP contribution in [0.1, 0.15) is 32.1 Å². The second-order valence-electron chi connectivity index (χ2n) is 3.33. The first-order valence-corrected chi connectivity index (χ1v) is 4.55. The van der Waals surface area contributed by atoms with E-state index in [1.165, 1.54) is 5.01 Å². The Hall–Kier alpha value is -1.13. The number of aliphatic carboxylic acids is 1. The summed E-state index contributed by atoms with van der Waals surface area (Å²) in [6.45, 7) is 0.674. The summed E-state index contributed by atoms with van der Waals surface area (Å²) >= 11 is 0. The van der Waals surface area contributed by atoms with Crippen molar-refractivity contribution in [2.75, 3.05) is 6.54 Å². The fourth-order valence-electron chi connectivity index (χ4n) is 1.68. The Morgan fingerprint density at radius 1 is 1.54 bits per heavy atom. The molecule has 0 aromatic heterocycles. The van der Waals surface area contributed by atoms with E-state index in [-0.39, 0.29) is 12.5 Å². The highest BCUT2D eigenvalue weighted by molar-refractivity contribution is 5.66. The van der Waals surface area contributed by atoms with Gasteiger partial charge in [0.15, 0.2) is 0 Å². The maximum absolute atomic E-state index is 10.3. The molecule has 0 amide bonds. The molecule has 5 nitrogen and oxygen atoms in total. The quantitative estimate of drug-likeness (QED) is 0.673. The van der Waals surface area contributed by atoms with Gasteiger partial charge >= 0.3 is 5.97 Å². The summed E-state index contributed by atoms with van der Waals surface area (Å²) in [4.78, 5) is 20.7. The van der Waals surface area contributed by atoms with Crippen molar-refractivity contribution in [2.24, 2.45) is 5.29 Å². The molecular weight excluding hydrogens is 172 g/mol. The number of nitroso groups, excluding NO2 is 1. The molecule has 1 rings (SSSR count). The Morgan fingerprint density at radius 3 is 2.92 bits per heavy atom. The molecule has 0 aromatic carbocycles. The van der Waals surface area contributed by atoms with E-state index in [0.29, 0.717) is 13.0 Å². The lowest BCUT2D eigenvalue weighted by molar-refractivity contribution is -0.137. The van der Waals surface area contributed by atoms with Gasteiger partial charge in [-0.25, -0.2) is 0 Å². The first kappa shape index (κ1) is 9.95. The number of carboxylic acids is 1. The summed E-state index contributed by atoms with van der Waals surface area (Å²) in [5, 5.41) is 12.9. The van der Waals surface area contributed by atoms with E-state index >= 15 is 0 Å². The van der Waals surface area contributed by atoms with Crippen LogP contribution in [0.2, 0.25) is 0 Å². The van der Waals surface area contributed by atoms with Gasteiger partial charge in [-0.2, -0.15) is 0 Å². The van der Waals surface area contributed by atoms with Crippen LogP contribution >= 0.6 is 0 Å². The average molecular weight is 186 g/mol. The molecule has 1 atom stereocenters. The maximum Gasteiger partial charge on any atom is 0.303 e. The molecule has 1 aliphatic rings. The van der Waals surface area contributed by atoms with Gasteiger partial charge in [-0.05, 0) is 25.7 Å². The molecule has 0 aliphatic carbocycles. The van der Waals surface area contributed by atoms with E-state index in [4.69, 9.17) is 5.11 Å². The first-order valence-electron chi connectivity index (χ1n) is 4.55. The lowest BCUT2D eigenvalue weighted by Gasteiger charge is -2.30. The molecule has 1 unspecified atom stereocenters. The Balaban J connectivity index is 2.35. The monoisotopic (exact) mass is 186 g/mol. The molecule has 1 aliphatic heterocycles. The number of piperidine rings is 1. The number of nitrogens with zero attached hydrogens (tertiary/aromatic N) is 2. The van der Waals surface area contributed by atoms with Crippen LogP contribution in [-0.2, 0) is 4.79 Å². The van der Waals surface area contributed by atoms with Crippen LogP contribution < -0.4 is 0 Å². The topological polar surface area (TPSA) is 70.0 Å². The van der Waals surface area contributed by atoms with Crippen LogP contribution in [0, 0.1) is 4.91 Å². The molecule has 0 saturated carbocycles. The Bertz CT molecular complexity index is 196. The van der Waals surface area contributed by atoms with Crippen LogP contribution in [0.25, 0.3) is 0 Å². The number of carbonyl (C=O) groups is 1. The average Bonchev–Trinajstić information content (AvgIpc) is 2.15. The third-order valence-corrected chi connectivity index (χ3v) is 2.39. The number of hydrogen-bond donors (Lipinski definition) is 1. The minimum atomic E-state index is -0.809. The number of hydrogen-bond acceptors (Lipinski definition) is 3. The van der Waals surface area contributed by atoms with Crippen molar-refractivity contribution < 1.29 is 9.90 Å². The highest BCUT2D eigenvalue weighted by atomic mass is 16.4. The molecule has 74 valence electrons. The lowest BCUT2D eigenvalue weighted by Crippen LogP contribution is -2.35. The van der Waals surface area contributed by atoms with Crippen molar-refractivity contribution in [3.63, 3.8) is 0 Å². The Kier molecular flexibility index (Phi) is 3.67. The van der Waals surface area contributed by atoms with Gasteiger partial charge in [-0.1, -0.05) is 0 Å². The largest absolute Gasteiger partial charge is 0.481 e. The highest BCUT2D eigenvalue weighted by Gasteiger charge is 2.22. The molecule has 5 heteroatoms. The van der Waals surface area contributed by atoms with Gasteiger partial charge in [0.2, 0.25) is 0 Å². The highest BCUT2D eigenvalue weighted by Crippen LogP contribution is 2.20. The number of carboxylic acid groups (broad SMARTS) is 1. The van der Waals surface area contributed by atoms with Crippen molar-refractivity contribution in [3.05, 3.63) is 4.91 Å². The van der Waals surface area contributed by atoms with Crippen molar-refractivity contribution >= 4 is 5.97 Å². The normalized spacial score (nSPS) is 22.8. The van der Waals surface area contributed by atoms with Crippen LogP contribution in [0.4, 0.5) is 0 Å². The van der Waals surface area contributed by atoms with Gasteiger partial charge in [-0.3, -0.25) is 9.80 Å². The molecule has 0 bridgehead atoms. The third-order valence-electron chi connectivity index (χ3n) is 2.39. The SMILES string of the molecule is O=NN1CCCCC1CCC(=O)O. The molecule has 0 aromatic rings. The zero-order valence-electron chi connectivity index (χ0n) is 7.48. The van der Waals surface area contributed by atoms with Gasteiger partial charge in [0.1, 0.15) is 0 Å². The van der Waals surface area contributed by atoms with Crippen LogP contribution in [0.3, 0.4) is 0 Å². The van der Waals surface area contributed by atoms with Gasteiger partial charge < -0.3 is 5.11 Å². The van der Waals surface area contributed by atoms with Gasteiger partial charge in [0.25, 0.3) is 0 Å². The summed E-state index contributed by atoms with van der Waals surface area (Å²) in [6, 6.07) is 0.0438. The molecule has 0 radical (unpaired) electrons. The summed E-state index contributed by atoms with van der Waals surface area (Å²) < 4.78 is 0. The fraction of sp³-hybridized carbons (Fsp3) is 0.875. The summed E-state index contributed by atoms with van der Waals surface area (Å²) in [6.07, 6.45) is 3.59. The standard InChI is InChI=1S/C8H14N2O3/c11-8(12)5-4-7-3-1-2-6-10(7)9-13/h7H,1-6H2,(H,11,12). The van der Waals surface area contributed by atoms with Crippen molar-refractivity contribution in [1.29, 1.82) is 0 Å². The Labute approximate surface area is 76.7 Å². The van der Waals surface area contributed by atoms with Gasteiger partial charge in [-0.15, -0.1) is 4.91 Å². The molecule has 13 heavy (non-hydrogen) atoms. The van der Waals surface area contributed by atoms with Crippen LogP contribution in [0.5, 0.6) is 0 Å². The number of rotatable bonds is 4. The van der Waals surface area contributed by atoms with E-state index in [9.17, 15) is 9.70 Å². The van der Waals surface area contributed by atoms with Crippen LogP contribution in [-0.4, -0.2) is 28.7 Å². The predicted octanol–water partition coefficient (Wildman–Crippen LogP) is 1.39. The minimum absolute atomic E-state index is 0.0438. The lowest BCUT2D eigenvalue weighted by atomic mass is 10.00. The summed E-state index contributed by atoms with van der Waals surface area (Å²) in [5.41, 5.74) is 0. The smallest absolute Gasteiger partial charge is 0.303 e. The summed E-state index contributed by atoms with van der Waals surface area (Å²) in [7, 11) is 0. The minimum Gasteiger partial charge on any atom is -0.481 e. The second-order valence-corrected chi connectivity index (χ2v) is 3.33. The van der Waals surface area contributed by atoms with Crippen molar-refractivity contribution in [2.45, 2.75) is 38.1 Å². The van der Waals surface area contributed by atoms with E-state index in [0.717, 1.165) is 19.3 Å². The van der Waals surface area contributed by atoms with E-state index in [1.54, 1.807) is 0 Å². The van der Waals surface area contributed by atoms with Gasteiger partial charge in [0, 0.05) is 13.0 Å². The predicted molar refractivity (Wildman–Crippen MR) is 47.0 cm³/mol. The van der Waals surface area contributed by atoms with Crippen molar-refractivity contribution in [1.82, 2.24) is 5.01 Å². The molecule has 1 fully saturated rings. The molecule has 1 saturated heterocycles. The van der Waals surface area contributed by atoms with Gasteiger partial charge in [0.05, 0.1) is 11.3 Å². The Morgan fingerprint density at radius 2 is 2.31 bits per heavy atom. The first-order chi connectivity index (χ1) is 6.24. The molecule has 1 heterocycles. The molecular formula is C8H14N2O3. The second kappa shape index (κ2) is 4.79. The van der Waals surface area contributed by atoms with E-state index in [1.807, 2.05) is 0 Å². The van der Waals surface area contributed by atoms with Crippen molar-refractivity contribution in [3.8, 4) is 0 Å². The zero-order chi connectivity index (χ0) is 9.68. The van der Waals surface area contributed by atoms with E-state index in [2.05, 4.69) is 5.29 Å². The zero-order valence-corrected chi connectivity index (χ0v) is 7.48. The molecule has 0 spiro atoms.